The van der Waals surface area contributed by atoms with E-state index in [4.69, 9.17) is 0 Å². The van der Waals surface area contributed by atoms with E-state index in [2.05, 4.69) is 19.6 Å². The van der Waals surface area contributed by atoms with E-state index in [0.717, 1.165) is 36.9 Å². The first kappa shape index (κ1) is 14.8. The lowest BCUT2D eigenvalue weighted by Gasteiger charge is -2.31. The molecule has 0 atom stereocenters. The number of piperidine rings is 1. The Labute approximate surface area is 130 Å². The molecule has 21 heavy (non-hydrogen) atoms. The zero-order valence-corrected chi connectivity index (χ0v) is 13.5. The maximum atomic E-state index is 12.1. The van der Waals surface area contributed by atoms with Gasteiger partial charge in [-0.2, -0.15) is 4.37 Å². The van der Waals surface area contributed by atoms with Gasteiger partial charge in [-0.15, -0.1) is 0 Å². The van der Waals surface area contributed by atoms with E-state index < -0.39 is 0 Å². The highest BCUT2D eigenvalue weighted by molar-refractivity contribution is 7.09. The number of carbonyl (C=O) groups is 1. The third-order valence-corrected chi connectivity index (χ3v) is 5.46. The number of anilines is 1. The molecule has 0 bridgehead atoms. The van der Waals surface area contributed by atoms with Crippen LogP contribution in [-0.4, -0.2) is 34.4 Å². The van der Waals surface area contributed by atoms with Crippen LogP contribution in [0.1, 0.15) is 50.8 Å². The molecule has 116 valence electrons. The van der Waals surface area contributed by atoms with Gasteiger partial charge < -0.3 is 10.2 Å². The predicted molar refractivity (Wildman–Crippen MR) is 84.6 cm³/mol. The number of carbonyl (C=O) groups excluding carboxylic acids is 1. The van der Waals surface area contributed by atoms with Crippen molar-refractivity contribution < 1.29 is 4.79 Å². The summed E-state index contributed by atoms with van der Waals surface area (Å²) < 4.78 is 4.24. The molecule has 0 radical (unpaired) electrons. The molecule has 0 unspecified atom stereocenters. The minimum absolute atomic E-state index is 0.257. The second-order valence-corrected chi connectivity index (χ2v) is 7.04. The molecule has 0 spiro atoms. The zero-order chi connectivity index (χ0) is 14.7. The smallest absolute Gasteiger partial charge is 0.220 e. The quantitative estimate of drug-likeness (QED) is 0.928. The molecular weight excluding hydrogens is 284 g/mol. The fourth-order valence-electron chi connectivity index (χ4n) is 3.36. The SMILES string of the molecule is Cc1nsc(N2CCC(CC(=O)NC3CCCC3)CC2)n1. The minimum atomic E-state index is 0.257. The van der Waals surface area contributed by atoms with Crippen molar-refractivity contribution in [1.29, 1.82) is 0 Å². The summed E-state index contributed by atoms with van der Waals surface area (Å²) >= 11 is 1.48. The highest BCUT2D eigenvalue weighted by Gasteiger charge is 2.24. The van der Waals surface area contributed by atoms with Crippen LogP contribution in [0.4, 0.5) is 5.13 Å². The third kappa shape index (κ3) is 3.93. The first-order chi connectivity index (χ1) is 10.2. The van der Waals surface area contributed by atoms with Crippen molar-refractivity contribution >= 4 is 22.6 Å². The largest absolute Gasteiger partial charge is 0.353 e. The number of nitrogens with zero attached hydrogens (tertiary/aromatic N) is 3. The lowest BCUT2D eigenvalue weighted by Crippen LogP contribution is -2.38. The fourth-order valence-corrected chi connectivity index (χ4v) is 4.09. The van der Waals surface area contributed by atoms with Crippen molar-refractivity contribution in [2.45, 2.75) is 57.9 Å². The van der Waals surface area contributed by atoms with Gasteiger partial charge in [-0.3, -0.25) is 4.79 Å². The first-order valence-corrected chi connectivity index (χ1v) is 8.82. The molecule has 2 aliphatic rings. The summed E-state index contributed by atoms with van der Waals surface area (Å²) in [5, 5.41) is 4.23. The molecule has 1 N–H and O–H groups in total. The van der Waals surface area contributed by atoms with Crippen LogP contribution in [0.3, 0.4) is 0 Å². The van der Waals surface area contributed by atoms with Gasteiger partial charge in [0.25, 0.3) is 0 Å². The highest BCUT2D eigenvalue weighted by Crippen LogP contribution is 2.26. The molecule has 1 saturated carbocycles. The molecule has 1 aliphatic carbocycles. The van der Waals surface area contributed by atoms with Crippen LogP contribution < -0.4 is 10.2 Å². The standard InChI is InChI=1S/C15H24N4OS/c1-11-16-15(21-18-11)19-8-6-12(7-9-19)10-14(20)17-13-4-2-3-5-13/h12-13H,2-10H2,1H3,(H,17,20). The summed E-state index contributed by atoms with van der Waals surface area (Å²) in [4.78, 5) is 18.8. The van der Waals surface area contributed by atoms with Gasteiger partial charge in [-0.1, -0.05) is 12.8 Å². The van der Waals surface area contributed by atoms with E-state index >= 15 is 0 Å². The van der Waals surface area contributed by atoms with Crippen molar-refractivity contribution in [2.75, 3.05) is 18.0 Å². The van der Waals surface area contributed by atoms with Gasteiger partial charge in [-0.05, 0) is 38.5 Å². The van der Waals surface area contributed by atoms with E-state index in [0.29, 0.717) is 18.4 Å². The molecule has 1 aromatic rings. The average molecular weight is 308 g/mol. The molecule has 1 aromatic heterocycles. The summed E-state index contributed by atoms with van der Waals surface area (Å²) in [6.07, 6.45) is 7.73. The Balaban J connectivity index is 1.42. The summed E-state index contributed by atoms with van der Waals surface area (Å²) in [5.41, 5.74) is 0. The molecule has 2 heterocycles. The first-order valence-electron chi connectivity index (χ1n) is 8.05. The Hall–Kier alpha value is -1.17. The van der Waals surface area contributed by atoms with E-state index in [1.807, 2.05) is 6.92 Å². The van der Waals surface area contributed by atoms with Gasteiger partial charge in [0.1, 0.15) is 5.82 Å². The van der Waals surface area contributed by atoms with E-state index in [-0.39, 0.29) is 5.91 Å². The molecule has 2 fully saturated rings. The van der Waals surface area contributed by atoms with Crippen molar-refractivity contribution in [2.24, 2.45) is 5.92 Å². The average Bonchev–Trinajstić information content (AvgIpc) is 3.11. The van der Waals surface area contributed by atoms with Crippen LogP contribution in [0.5, 0.6) is 0 Å². The van der Waals surface area contributed by atoms with Gasteiger partial charge in [0.05, 0.1) is 0 Å². The lowest BCUT2D eigenvalue weighted by molar-refractivity contribution is -0.122. The van der Waals surface area contributed by atoms with Crippen molar-refractivity contribution in [1.82, 2.24) is 14.7 Å². The number of aryl methyl sites for hydroxylation is 1. The second-order valence-electron chi connectivity index (χ2n) is 6.31. The maximum Gasteiger partial charge on any atom is 0.220 e. The number of hydrogen-bond acceptors (Lipinski definition) is 5. The second kappa shape index (κ2) is 6.73. The molecular formula is C15H24N4OS. The number of rotatable bonds is 4. The van der Waals surface area contributed by atoms with Crippen LogP contribution in [0.2, 0.25) is 0 Å². The van der Waals surface area contributed by atoms with Gasteiger partial charge in [0.2, 0.25) is 11.0 Å². The van der Waals surface area contributed by atoms with Gasteiger partial charge in [-0.25, -0.2) is 4.98 Å². The van der Waals surface area contributed by atoms with Gasteiger partial charge >= 0.3 is 0 Å². The van der Waals surface area contributed by atoms with Crippen LogP contribution in [0, 0.1) is 12.8 Å². The molecule has 1 aliphatic heterocycles. The zero-order valence-electron chi connectivity index (χ0n) is 12.7. The van der Waals surface area contributed by atoms with Gasteiger partial charge in [0.15, 0.2) is 0 Å². The number of hydrogen-bond donors (Lipinski definition) is 1. The Morgan fingerprint density at radius 3 is 2.62 bits per heavy atom. The van der Waals surface area contributed by atoms with E-state index in [9.17, 15) is 4.79 Å². The van der Waals surface area contributed by atoms with E-state index in [1.54, 1.807) is 0 Å². The Bertz CT molecular complexity index is 476. The lowest BCUT2D eigenvalue weighted by atomic mass is 9.93. The summed E-state index contributed by atoms with van der Waals surface area (Å²) in [6.45, 7) is 3.92. The normalized spacial score (nSPS) is 20.9. The van der Waals surface area contributed by atoms with Crippen LogP contribution in [-0.2, 0) is 4.79 Å². The number of nitrogens with one attached hydrogen (secondary N) is 1. The third-order valence-electron chi connectivity index (χ3n) is 4.60. The summed E-state index contributed by atoms with van der Waals surface area (Å²) in [6, 6.07) is 0.446. The van der Waals surface area contributed by atoms with Crippen molar-refractivity contribution in [3.05, 3.63) is 5.82 Å². The van der Waals surface area contributed by atoms with Gasteiger partial charge in [0, 0.05) is 37.1 Å². The monoisotopic (exact) mass is 308 g/mol. The molecule has 0 aromatic carbocycles. The number of amides is 1. The maximum absolute atomic E-state index is 12.1. The van der Waals surface area contributed by atoms with Crippen LogP contribution >= 0.6 is 11.5 Å². The van der Waals surface area contributed by atoms with Crippen molar-refractivity contribution in [3.63, 3.8) is 0 Å². The number of aromatic nitrogens is 2. The fraction of sp³-hybridized carbons (Fsp3) is 0.800. The Morgan fingerprint density at radius 1 is 1.29 bits per heavy atom. The summed E-state index contributed by atoms with van der Waals surface area (Å²) in [5.74, 6) is 1.64. The summed E-state index contributed by atoms with van der Waals surface area (Å²) in [7, 11) is 0. The molecule has 1 amide bonds. The van der Waals surface area contributed by atoms with Crippen LogP contribution in [0.25, 0.3) is 0 Å². The highest BCUT2D eigenvalue weighted by atomic mass is 32.1. The molecule has 3 rings (SSSR count). The van der Waals surface area contributed by atoms with E-state index in [1.165, 1.54) is 37.2 Å². The Kier molecular flexibility index (Phi) is 4.73. The Morgan fingerprint density at radius 2 is 2.00 bits per heavy atom. The van der Waals surface area contributed by atoms with Crippen molar-refractivity contribution in [3.8, 4) is 0 Å². The molecule has 5 nitrogen and oxygen atoms in total. The minimum Gasteiger partial charge on any atom is -0.353 e. The molecule has 6 heteroatoms. The predicted octanol–water partition coefficient (Wildman–Crippen LogP) is 2.51. The molecule has 1 saturated heterocycles. The topological polar surface area (TPSA) is 58.1 Å². The van der Waals surface area contributed by atoms with Crippen LogP contribution in [0.15, 0.2) is 0 Å².